The van der Waals surface area contributed by atoms with Crippen LogP contribution >= 0.6 is 11.8 Å². The second kappa shape index (κ2) is 8.01. The van der Waals surface area contributed by atoms with E-state index in [2.05, 4.69) is 36.2 Å². The summed E-state index contributed by atoms with van der Waals surface area (Å²) in [7, 11) is 1.93. The third-order valence-electron chi connectivity index (χ3n) is 4.42. The second-order valence-electron chi connectivity index (χ2n) is 6.26. The largest absolute Gasteiger partial charge is 0.375 e. The Bertz CT molecular complexity index is 729. The summed E-state index contributed by atoms with van der Waals surface area (Å²) in [4.78, 5) is 14.3. The van der Waals surface area contributed by atoms with Gasteiger partial charge in [-0.15, -0.1) is 10.2 Å². The summed E-state index contributed by atoms with van der Waals surface area (Å²) in [6, 6.07) is 8.20. The zero-order valence-corrected chi connectivity index (χ0v) is 15.8. The molecule has 1 saturated heterocycles. The molecule has 3 rings (SSSR count). The molecule has 1 aromatic carbocycles. The summed E-state index contributed by atoms with van der Waals surface area (Å²) in [5.74, 6) is 1.31. The number of benzene rings is 1. The molecule has 0 radical (unpaired) electrons. The molecule has 0 N–H and O–H groups in total. The van der Waals surface area contributed by atoms with Gasteiger partial charge in [0.15, 0.2) is 11.0 Å². The predicted octanol–water partition coefficient (Wildman–Crippen LogP) is 2.52. The first kappa shape index (κ1) is 17.9. The van der Waals surface area contributed by atoms with Gasteiger partial charge in [-0.3, -0.25) is 4.79 Å². The number of aromatic nitrogens is 3. The fourth-order valence-corrected chi connectivity index (χ4v) is 3.62. The van der Waals surface area contributed by atoms with Gasteiger partial charge in [-0.1, -0.05) is 48.5 Å². The molecular formula is C18H24N4O2S. The number of amides is 1. The number of hydrogen-bond acceptors (Lipinski definition) is 5. The molecule has 0 unspecified atom stereocenters. The normalized spacial score (nSPS) is 17.7. The maximum absolute atomic E-state index is 12.5. The van der Waals surface area contributed by atoms with E-state index in [4.69, 9.17) is 4.74 Å². The molecule has 134 valence electrons. The average Bonchev–Trinajstić information content (AvgIpc) is 3.01. The summed E-state index contributed by atoms with van der Waals surface area (Å²) >= 11 is 1.43. The van der Waals surface area contributed by atoms with Crippen molar-refractivity contribution in [3.05, 3.63) is 29.8 Å². The molecule has 0 aliphatic carbocycles. The first-order valence-corrected chi connectivity index (χ1v) is 9.55. The molecule has 6 nitrogen and oxygen atoms in total. The average molecular weight is 360 g/mol. The van der Waals surface area contributed by atoms with E-state index in [9.17, 15) is 4.79 Å². The van der Waals surface area contributed by atoms with Crippen LogP contribution in [0.15, 0.2) is 29.4 Å². The molecule has 0 bridgehead atoms. The number of carbonyl (C=O) groups is 1. The fraction of sp³-hybridized carbons (Fsp3) is 0.500. The minimum atomic E-state index is 0.131. The van der Waals surface area contributed by atoms with Crippen LogP contribution in [0.5, 0.6) is 0 Å². The van der Waals surface area contributed by atoms with E-state index in [-0.39, 0.29) is 12.0 Å². The van der Waals surface area contributed by atoms with Crippen LogP contribution in [0.1, 0.15) is 18.9 Å². The van der Waals surface area contributed by atoms with Gasteiger partial charge in [-0.25, -0.2) is 0 Å². The van der Waals surface area contributed by atoms with Crippen molar-refractivity contribution in [3.63, 3.8) is 0 Å². The van der Waals surface area contributed by atoms with Crippen molar-refractivity contribution >= 4 is 17.7 Å². The first-order chi connectivity index (χ1) is 12.1. The number of hydrogen-bond donors (Lipinski definition) is 0. The van der Waals surface area contributed by atoms with Crippen molar-refractivity contribution in [3.8, 4) is 11.4 Å². The van der Waals surface area contributed by atoms with E-state index in [1.807, 2.05) is 28.6 Å². The number of carbonyl (C=O) groups excluding carboxylic acids is 1. The predicted molar refractivity (Wildman–Crippen MR) is 98.5 cm³/mol. The fourth-order valence-electron chi connectivity index (χ4n) is 2.81. The molecule has 1 fully saturated rings. The van der Waals surface area contributed by atoms with Gasteiger partial charge in [0.1, 0.15) is 0 Å². The third kappa shape index (κ3) is 4.22. The lowest BCUT2D eigenvalue weighted by Crippen LogP contribution is -2.46. The Labute approximate surface area is 152 Å². The van der Waals surface area contributed by atoms with Crippen LogP contribution in [0.3, 0.4) is 0 Å². The van der Waals surface area contributed by atoms with Crippen molar-refractivity contribution in [1.29, 1.82) is 0 Å². The Morgan fingerprint density at radius 3 is 2.80 bits per heavy atom. The number of aryl methyl sites for hydroxylation is 1. The molecule has 1 amide bonds. The Morgan fingerprint density at radius 2 is 2.08 bits per heavy atom. The molecule has 1 aliphatic heterocycles. The molecule has 1 aromatic heterocycles. The van der Waals surface area contributed by atoms with Gasteiger partial charge in [-0.05, 0) is 13.3 Å². The Balaban J connectivity index is 1.62. The van der Waals surface area contributed by atoms with E-state index in [1.54, 1.807) is 0 Å². The number of rotatable bonds is 5. The van der Waals surface area contributed by atoms with Gasteiger partial charge >= 0.3 is 0 Å². The highest BCUT2D eigenvalue weighted by Gasteiger charge is 2.23. The van der Waals surface area contributed by atoms with Crippen LogP contribution in [0.4, 0.5) is 0 Å². The molecule has 7 heteroatoms. The smallest absolute Gasteiger partial charge is 0.233 e. The maximum atomic E-state index is 12.5. The van der Waals surface area contributed by atoms with Crippen molar-refractivity contribution < 1.29 is 9.53 Å². The summed E-state index contributed by atoms with van der Waals surface area (Å²) in [5.41, 5.74) is 2.24. The molecule has 0 spiro atoms. The molecule has 2 aromatic rings. The second-order valence-corrected chi connectivity index (χ2v) is 7.20. The van der Waals surface area contributed by atoms with Gasteiger partial charge in [0, 0.05) is 25.7 Å². The van der Waals surface area contributed by atoms with E-state index >= 15 is 0 Å². The van der Waals surface area contributed by atoms with Crippen molar-refractivity contribution in [2.45, 2.75) is 31.5 Å². The van der Waals surface area contributed by atoms with Gasteiger partial charge in [0.05, 0.1) is 18.5 Å². The highest BCUT2D eigenvalue weighted by molar-refractivity contribution is 7.99. The zero-order valence-electron chi connectivity index (χ0n) is 14.9. The quantitative estimate of drug-likeness (QED) is 0.767. The SMILES string of the molecule is CC[C@H]1CN(C(=O)CSc2nnc(-c3ccc(C)cc3)n2C)CCO1. The van der Waals surface area contributed by atoms with Crippen molar-refractivity contribution in [2.75, 3.05) is 25.4 Å². The first-order valence-electron chi connectivity index (χ1n) is 8.57. The van der Waals surface area contributed by atoms with Gasteiger partial charge < -0.3 is 14.2 Å². The van der Waals surface area contributed by atoms with Crippen LogP contribution in [-0.2, 0) is 16.6 Å². The standard InChI is InChI=1S/C18H24N4O2S/c1-4-15-11-22(9-10-24-15)16(23)12-25-18-20-19-17(21(18)3)14-7-5-13(2)6-8-14/h5-8,15H,4,9-12H2,1-3H3/t15-/m0/s1. The minimum Gasteiger partial charge on any atom is -0.375 e. The van der Waals surface area contributed by atoms with Crippen LogP contribution in [0.2, 0.25) is 0 Å². The van der Waals surface area contributed by atoms with E-state index in [0.29, 0.717) is 25.4 Å². The Kier molecular flexibility index (Phi) is 5.75. The minimum absolute atomic E-state index is 0.131. The van der Waals surface area contributed by atoms with E-state index < -0.39 is 0 Å². The van der Waals surface area contributed by atoms with Crippen LogP contribution in [0.25, 0.3) is 11.4 Å². The van der Waals surface area contributed by atoms with Gasteiger partial charge in [0.2, 0.25) is 5.91 Å². The lowest BCUT2D eigenvalue weighted by atomic mass is 10.1. The van der Waals surface area contributed by atoms with E-state index in [0.717, 1.165) is 23.0 Å². The highest BCUT2D eigenvalue weighted by atomic mass is 32.2. The lowest BCUT2D eigenvalue weighted by molar-refractivity contribution is -0.135. The zero-order chi connectivity index (χ0) is 17.8. The summed E-state index contributed by atoms with van der Waals surface area (Å²) in [5, 5.41) is 9.28. The molecule has 1 aliphatic rings. The Hall–Kier alpha value is -1.86. The number of morpholine rings is 1. The molecule has 0 saturated carbocycles. The number of thioether (sulfide) groups is 1. The third-order valence-corrected chi connectivity index (χ3v) is 5.42. The number of ether oxygens (including phenoxy) is 1. The van der Waals surface area contributed by atoms with Crippen LogP contribution in [0, 0.1) is 6.92 Å². The molecule has 25 heavy (non-hydrogen) atoms. The monoisotopic (exact) mass is 360 g/mol. The van der Waals surface area contributed by atoms with Crippen molar-refractivity contribution in [2.24, 2.45) is 7.05 Å². The Morgan fingerprint density at radius 1 is 1.32 bits per heavy atom. The van der Waals surface area contributed by atoms with E-state index in [1.165, 1.54) is 17.3 Å². The van der Waals surface area contributed by atoms with Crippen LogP contribution in [-0.4, -0.2) is 57.1 Å². The molecule has 2 heterocycles. The maximum Gasteiger partial charge on any atom is 0.233 e. The summed E-state index contributed by atoms with van der Waals surface area (Å²) in [6.45, 7) is 6.12. The van der Waals surface area contributed by atoms with Crippen molar-refractivity contribution in [1.82, 2.24) is 19.7 Å². The number of nitrogens with zero attached hydrogens (tertiary/aromatic N) is 4. The summed E-state index contributed by atoms with van der Waals surface area (Å²) in [6.07, 6.45) is 1.09. The van der Waals surface area contributed by atoms with Gasteiger partial charge in [0.25, 0.3) is 0 Å². The highest BCUT2D eigenvalue weighted by Crippen LogP contribution is 2.23. The summed E-state index contributed by atoms with van der Waals surface area (Å²) < 4.78 is 7.56. The van der Waals surface area contributed by atoms with Gasteiger partial charge in [-0.2, -0.15) is 0 Å². The molecular weight excluding hydrogens is 336 g/mol. The topological polar surface area (TPSA) is 60.2 Å². The lowest BCUT2D eigenvalue weighted by Gasteiger charge is -2.32. The van der Waals surface area contributed by atoms with Crippen LogP contribution < -0.4 is 0 Å². The molecule has 1 atom stereocenters.